The van der Waals surface area contributed by atoms with Gasteiger partial charge in [0.05, 0.1) is 12.8 Å². The van der Waals surface area contributed by atoms with Crippen LogP contribution < -0.4 is 0 Å². The molecule has 2 rings (SSSR count). The van der Waals surface area contributed by atoms with Gasteiger partial charge in [0.1, 0.15) is 0 Å². The molecule has 0 aliphatic heterocycles. The van der Waals surface area contributed by atoms with Crippen molar-refractivity contribution in [3.05, 3.63) is 17.3 Å². The zero-order valence-corrected chi connectivity index (χ0v) is 12.5. The Balaban J connectivity index is 2.48. The van der Waals surface area contributed by atoms with Gasteiger partial charge in [0.25, 0.3) is 0 Å². The smallest absolute Gasteiger partial charge is 0.376 e. The van der Waals surface area contributed by atoms with Gasteiger partial charge in [-0.3, -0.25) is 0 Å². The van der Waals surface area contributed by atoms with Crippen molar-refractivity contribution in [2.75, 3.05) is 7.11 Å². The lowest BCUT2D eigenvalue weighted by Crippen LogP contribution is -2.19. The molecule has 0 atom stereocenters. The topological polar surface area (TPSA) is 52.3 Å². The zero-order chi connectivity index (χ0) is 14.3. The van der Waals surface area contributed by atoms with Crippen molar-refractivity contribution >= 4 is 5.97 Å². The predicted octanol–water partition coefficient (Wildman–Crippen LogP) is 3.59. The van der Waals surface area contributed by atoms with Crippen molar-refractivity contribution < 1.29 is 13.9 Å². The van der Waals surface area contributed by atoms with Crippen LogP contribution >= 0.6 is 0 Å². The number of esters is 1. The first-order valence-corrected chi connectivity index (χ1v) is 6.88. The van der Waals surface area contributed by atoms with Gasteiger partial charge in [-0.25, -0.2) is 9.78 Å². The third-order valence-corrected chi connectivity index (χ3v) is 3.93. The van der Waals surface area contributed by atoms with E-state index < -0.39 is 5.97 Å². The minimum Gasteiger partial charge on any atom is -0.463 e. The summed E-state index contributed by atoms with van der Waals surface area (Å²) in [6, 6.07) is 0. The molecular formula is C15H23NO3. The van der Waals surface area contributed by atoms with E-state index in [4.69, 9.17) is 9.15 Å². The van der Waals surface area contributed by atoms with Gasteiger partial charge in [-0.15, -0.1) is 0 Å². The fourth-order valence-corrected chi connectivity index (χ4v) is 2.69. The van der Waals surface area contributed by atoms with Crippen LogP contribution in [0.25, 0.3) is 0 Å². The predicted molar refractivity (Wildman–Crippen MR) is 72.4 cm³/mol. The molecule has 0 unspecified atom stereocenters. The highest BCUT2D eigenvalue weighted by atomic mass is 16.5. The Morgan fingerprint density at radius 1 is 1.32 bits per heavy atom. The zero-order valence-electron chi connectivity index (χ0n) is 12.5. The monoisotopic (exact) mass is 265 g/mol. The number of hydrogen-bond donors (Lipinski definition) is 0. The summed E-state index contributed by atoms with van der Waals surface area (Å²) in [6.45, 7) is 8.24. The van der Waals surface area contributed by atoms with E-state index in [1.165, 1.54) is 20.0 Å². The molecule has 106 valence electrons. The summed E-state index contributed by atoms with van der Waals surface area (Å²) in [4.78, 5) is 16.5. The molecule has 1 aromatic heterocycles. The van der Waals surface area contributed by atoms with Gasteiger partial charge in [0.15, 0.2) is 0 Å². The fourth-order valence-electron chi connectivity index (χ4n) is 2.69. The van der Waals surface area contributed by atoms with Crippen molar-refractivity contribution in [1.82, 2.24) is 4.98 Å². The summed E-state index contributed by atoms with van der Waals surface area (Å²) in [5.74, 6) is 0.513. The van der Waals surface area contributed by atoms with Crippen LogP contribution in [0.2, 0.25) is 0 Å². The van der Waals surface area contributed by atoms with Crippen LogP contribution in [0, 0.1) is 0 Å². The molecule has 0 bridgehead atoms. The van der Waals surface area contributed by atoms with Gasteiger partial charge >= 0.3 is 5.97 Å². The summed E-state index contributed by atoms with van der Waals surface area (Å²) < 4.78 is 10.6. The third-order valence-electron chi connectivity index (χ3n) is 3.93. The molecule has 0 N–H and O–H groups in total. The fraction of sp³-hybridized carbons (Fsp3) is 0.733. The average molecular weight is 265 g/mol. The number of carbonyl (C=O) groups is 1. The summed E-state index contributed by atoms with van der Waals surface area (Å²) >= 11 is 0. The lowest BCUT2D eigenvalue weighted by molar-refractivity contribution is 0.0557. The van der Waals surface area contributed by atoms with Crippen LogP contribution in [-0.2, 0) is 15.6 Å². The maximum atomic E-state index is 11.9. The molecule has 1 saturated carbocycles. The van der Waals surface area contributed by atoms with Crippen molar-refractivity contribution in [1.29, 1.82) is 0 Å². The first-order valence-electron chi connectivity index (χ1n) is 6.88. The number of nitrogens with zero attached hydrogens (tertiary/aromatic N) is 1. The van der Waals surface area contributed by atoms with E-state index in [2.05, 4.69) is 11.9 Å². The normalized spacial score (nSPS) is 18.6. The molecule has 0 spiro atoms. The first kappa shape index (κ1) is 14.1. The number of oxazole rings is 1. The minimum absolute atomic E-state index is 0.0354. The molecule has 1 aliphatic rings. The highest BCUT2D eigenvalue weighted by Gasteiger charge is 2.39. The summed E-state index contributed by atoms with van der Waals surface area (Å²) in [5.41, 5.74) is 0.425. The SMILES string of the molecule is COC(=O)c1oc(C2(C)CCCC2)nc1C(C)(C)C. The molecular weight excluding hydrogens is 242 g/mol. The Morgan fingerprint density at radius 2 is 1.89 bits per heavy atom. The van der Waals surface area contributed by atoms with Crippen LogP contribution in [0.5, 0.6) is 0 Å². The Morgan fingerprint density at radius 3 is 2.37 bits per heavy atom. The number of aromatic nitrogens is 1. The molecule has 19 heavy (non-hydrogen) atoms. The van der Waals surface area contributed by atoms with E-state index in [1.54, 1.807) is 0 Å². The molecule has 0 radical (unpaired) electrons. The standard InChI is InChI=1S/C15H23NO3/c1-14(2,3)11-10(12(17)18-5)19-13(16-11)15(4)8-6-7-9-15/h6-9H2,1-5H3. The highest BCUT2D eigenvalue weighted by Crippen LogP contribution is 2.41. The van der Waals surface area contributed by atoms with Gasteiger partial charge in [0.2, 0.25) is 11.7 Å². The van der Waals surface area contributed by atoms with E-state index in [-0.39, 0.29) is 16.6 Å². The Kier molecular flexibility index (Phi) is 3.45. The Hall–Kier alpha value is -1.32. The summed E-state index contributed by atoms with van der Waals surface area (Å²) in [5, 5.41) is 0. The second-order valence-electron chi connectivity index (χ2n) is 6.71. The second kappa shape index (κ2) is 4.66. The molecule has 0 amide bonds. The first-order chi connectivity index (χ1) is 8.78. The molecule has 4 heteroatoms. The molecule has 4 nitrogen and oxygen atoms in total. The number of ether oxygens (including phenoxy) is 1. The molecule has 0 aromatic carbocycles. The third kappa shape index (κ3) is 2.53. The number of methoxy groups -OCH3 is 1. The number of rotatable bonds is 2. The molecule has 1 fully saturated rings. The maximum Gasteiger partial charge on any atom is 0.376 e. The largest absolute Gasteiger partial charge is 0.463 e. The van der Waals surface area contributed by atoms with E-state index in [1.807, 2.05) is 20.8 Å². The Labute approximate surface area is 114 Å². The minimum atomic E-state index is -0.440. The maximum absolute atomic E-state index is 11.9. The van der Waals surface area contributed by atoms with Gasteiger partial charge in [0, 0.05) is 10.8 Å². The summed E-state index contributed by atoms with van der Waals surface area (Å²) in [6.07, 6.45) is 4.52. The lowest BCUT2D eigenvalue weighted by atomic mass is 9.88. The highest BCUT2D eigenvalue weighted by molar-refractivity contribution is 5.87. The number of hydrogen-bond acceptors (Lipinski definition) is 4. The lowest BCUT2D eigenvalue weighted by Gasteiger charge is -2.18. The van der Waals surface area contributed by atoms with E-state index >= 15 is 0 Å². The van der Waals surface area contributed by atoms with Crippen molar-refractivity contribution in [2.24, 2.45) is 0 Å². The quantitative estimate of drug-likeness (QED) is 0.767. The van der Waals surface area contributed by atoms with E-state index in [0.717, 1.165) is 12.8 Å². The van der Waals surface area contributed by atoms with Crippen LogP contribution in [0.15, 0.2) is 4.42 Å². The van der Waals surface area contributed by atoms with E-state index in [9.17, 15) is 4.79 Å². The van der Waals surface area contributed by atoms with Crippen molar-refractivity contribution in [2.45, 2.75) is 64.2 Å². The van der Waals surface area contributed by atoms with E-state index in [0.29, 0.717) is 11.6 Å². The van der Waals surface area contributed by atoms with Crippen molar-refractivity contribution in [3.8, 4) is 0 Å². The Bertz CT molecular complexity index is 476. The van der Waals surface area contributed by atoms with Crippen LogP contribution in [0.3, 0.4) is 0 Å². The van der Waals surface area contributed by atoms with Gasteiger partial charge in [-0.2, -0.15) is 0 Å². The molecule has 1 aliphatic carbocycles. The van der Waals surface area contributed by atoms with Gasteiger partial charge in [-0.1, -0.05) is 40.5 Å². The van der Waals surface area contributed by atoms with Crippen LogP contribution in [-0.4, -0.2) is 18.1 Å². The second-order valence-corrected chi connectivity index (χ2v) is 6.71. The van der Waals surface area contributed by atoms with Crippen LogP contribution in [0.4, 0.5) is 0 Å². The number of carbonyl (C=O) groups excluding carboxylic acids is 1. The molecule has 0 saturated heterocycles. The molecule has 1 heterocycles. The van der Waals surface area contributed by atoms with Crippen LogP contribution in [0.1, 0.15) is 75.5 Å². The summed E-state index contributed by atoms with van der Waals surface area (Å²) in [7, 11) is 1.37. The van der Waals surface area contributed by atoms with Crippen molar-refractivity contribution in [3.63, 3.8) is 0 Å². The molecule has 1 aromatic rings. The average Bonchev–Trinajstić information content (AvgIpc) is 2.94. The van der Waals surface area contributed by atoms with Gasteiger partial charge in [-0.05, 0) is 12.8 Å². The van der Waals surface area contributed by atoms with Gasteiger partial charge < -0.3 is 9.15 Å².